The molecule has 0 aliphatic carbocycles. The standard InChI is InChI=1S/C14H24N4/c1-4-5-12-8-14(16-10-15-12)18-7-6-13(9-18)17-11(2)3/h8,10-11,13,17H,4-7,9H2,1-3H3. The number of nitrogens with zero attached hydrogens (tertiary/aromatic N) is 3. The van der Waals surface area contributed by atoms with Crippen LogP contribution in [0.4, 0.5) is 5.82 Å². The number of anilines is 1. The van der Waals surface area contributed by atoms with E-state index in [4.69, 9.17) is 0 Å². The molecule has 0 amide bonds. The Hall–Kier alpha value is -1.16. The van der Waals surface area contributed by atoms with Crippen molar-refractivity contribution in [1.82, 2.24) is 15.3 Å². The summed E-state index contributed by atoms with van der Waals surface area (Å²) in [4.78, 5) is 11.1. The Balaban J connectivity index is 1.98. The first-order chi connectivity index (χ1) is 8.69. The maximum atomic E-state index is 4.40. The SMILES string of the molecule is CCCc1cc(N2CCC(NC(C)C)C2)ncn1. The fourth-order valence-corrected chi connectivity index (χ4v) is 2.53. The van der Waals surface area contributed by atoms with E-state index in [1.807, 2.05) is 0 Å². The van der Waals surface area contributed by atoms with E-state index in [0.717, 1.165) is 37.4 Å². The first kappa shape index (κ1) is 13.3. The monoisotopic (exact) mass is 248 g/mol. The van der Waals surface area contributed by atoms with Crippen LogP contribution >= 0.6 is 0 Å². The van der Waals surface area contributed by atoms with E-state index in [9.17, 15) is 0 Å². The van der Waals surface area contributed by atoms with Gasteiger partial charge >= 0.3 is 0 Å². The second-order valence-electron chi connectivity index (χ2n) is 5.37. The van der Waals surface area contributed by atoms with Gasteiger partial charge in [-0.2, -0.15) is 0 Å². The van der Waals surface area contributed by atoms with Crippen LogP contribution in [0.5, 0.6) is 0 Å². The van der Waals surface area contributed by atoms with Crippen LogP contribution in [-0.4, -0.2) is 35.1 Å². The molecule has 0 spiro atoms. The van der Waals surface area contributed by atoms with Gasteiger partial charge in [-0.3, -0.25) is 0 Å². The minimum absolute atomic E-state index is 0.552. The van der Waals surface area contributed by atoms with Crippen LogP contribution in [0.3, 0.4) is 0 Å². The zero-order chi connectivity index (χ0) is 13.0. The van der Waals surface area contributed by atoms with Gasteiger partial charge in [-0.05, 0) is 12.8 Å². The molecule has 1 N–H and O–H groups in total. The molecule has 1 atom stereocenters. The molecule has 18 heavy (non-hydrogen) atoms. The Morgan fingerprint density at radius 2 is 2.28 bits per heavy atom. The number of nitrogens with one attached hydrogen (secondary N) is 1. The van der Waals surface area contributed by atoms with Gasteiger partial charge in [-0.25, -0.2) is 9.97 Å². The first-order valence-corrected chi connectivity index (χ1v) is 7.01. The molecule has 1 aliphatic heterocycles. The second kappa shape index (κ2) is 6.14. The Morgan fingerprint density at radius 3 is 3.00 bits per heavy atom. The molecule has 1 saturated heterocycles. The molecule has 1 aromatic heterocycles. The molecule has 0 radical (unpaired) electrons. The Labute approximate surface area is 110 Å². The lowest BCUT2D eigenvalue weighted by molar-refractivity contribution is 0.492. The molecule has 100 valence electrons. The van der Waals surface area contributed by atoms with Crippen molar-refractivity contribution in [1.29, 1.82) is 0 Å². The van der Waals surface area contributed by atoms with Gasteiger partial charge in [0.05, 0.1) is 0 Å². The van der Waals surface area contributed by atoms with Crippen molar-refractivity contribution in [2.75, 3.05) is 18.0 Å². The van der Waals surface area contributed by atoms with Gasteiger partial charge in [0.2, 0.25) is 0 Å². The minimum Gasteiger partial charge on any atom is -0.355 e. The van der Waals surface area contributed by atoms with Gasteiger partial charge in [0, 0.05) is 36.9 Å². The van der Waals surface area contributed by atoms with E-state index in [1.165, 1.54) is 6.42 Å². The summed E-state index contributed by atoms with van der Waals surface area (Å²) in [5.41, 5.74) is 1.16. The molecule has 1 aromatic rings. The van der Waals surface area contributed by atoms with Gasteiger partial charge < -0.3 is 10.2 Å². The van der Waals surface area contributed by atoms with Crippen LogP contribution in [0, 0.1) is 0 Å². The highest BCUT2D eigenvalue weighted by Crippen LogP contribution is 2.18. The van der Waals surface area contributed by atoms with E-state index in [1.54, 1.807) is 6.33 Å². The smallest absolute Gasteiger partial charge is 0.132 e. The van der Waals surface area contributed by atoms with Crippen molar-refractivity contribution >= 4 is 5.82 Å². The molecule has 0 bridgehead atoms. The van der Waals surface area contributed by atoms with E-state index >= 15 is 0 Å². The highest BCUT2D eigenvalue weighted by molar-refractivity contribution is 5.40. The molecule has 2 heterocycles. The molecule has 0 aromatic carbocycles. The van der Waals surface area contributed by atoms with Crippen molar-refractivity contribution in [3.63, 3.8) is 0 Å². The van der Waals surface area contributed by atoms with Crippen LogP contribution in [-0.2, 0) is 6.42 Å². The maximum Gasteiger partial charge on any atom is 0.132 e. The van der Waals surface area contributed by atoms with E-state index in [2.05, 4.69) is 47.0 Å². The quantitative estimate of drug-likeness (QED) is 0.865. The third-order valence-corrected chi connectivity index (χ3v) is 3.30. The van der Waals surface area contributed by atoms with Crippen molar-refractivity contribution in [2.24, 2.45) is 0 Å². The zero-order valence-corrected chi connectivity index (χ0v) is 11.7. The van der Waals surface area contributed by atoms with Crippen LogP contribution < -0.4 is 10.2 Å². The van der Waals surface area contributed by atoms with E-state index < -0.39 is 0 Å². The van der Waals surface area contributed by atoms with Crippen LogP contribution in [0.25, 0.3) is 0 Å². The van der Waals surface area contributed by atoms with Gasteiger partial charge in [0.1, 0.15) is 12.1 Å². The van der Waals surface area contributed by atoms with Crippen molar-refractivity contribution < 1.29 is 0 Å². The summed E-state index contributed by atoms with van der Waals surface area (Å²) in [6.07, 6.45) is 5.07. The molecule has 2 rings (SSSR count). The lowest BCUT2D eigenvalue weighted by Gasteiger charge is -2.19. The molecular formula is C14H24N4. The van der Waals surface area contributed by atoms with Gasteiger partial charge in [0.15, 0.2) is 0 Å². The number of aromatic nitrogens is 2. The number of hydrogen-bond donors (Lipinski definition) is 1. The van der Waals surface area contributed by atoms with Crippen molar-refractivity contribution in [3.8, 4) is 0 Å². The van der Waals surface area contributed by atoms with Crippen molar-refractivity contribution in [3.05, 3.63) is 18.1 Å². The Morgan fingerprint density at radius 1 is 1.44 bits per heavy atom. The minimum atomic E-state index is 0.552. The Bertz CT molecular complexity index is 378. The van der Waals surface area contributed by atoms with Crippen LogP contribution in [0.15, 0.2) is 12.4 Å². The molecule has 1 aliphatic rings. The predicted molar refractivity (Wildman–Crippen MR) is 74.9 cm³/mol. The maximum absolute atomic E-state index is 4.40. The zero-order valence-electron chi connectivity index (χ0n) is 11.7. The lowest BCUT2D eigenvalue weighted by Crippen LogP contribution is -2.37. The average molecular weight is 248 g/mol. The summed E-state index contributed by atoms with van der Waals surface area (Å²) in [5.74, 6) is 1.08. The van der Waals surface area contributed by atoms with Crippen LogP contribution in [0.1, 0.15) is 39.3 Å². The fourth-order valence-electron chi connectivity index (χ4n) is 2.53. The fraction of sp³-hybridized carbons (Fsp3) is 0.714. The average Bonchev–Trinajstić information content (AvgIpc) is 2.77. The largest absolute Gasteiger partial charge is 0.355 e. The number of rotatable bonds is 5. The Kier molecular flexibility index (Phi) is 4.53. The molecule has 1 fully saturated rings. The van der Waals surface area contributed by atoms with Gasteiger partial charge in [0.25, 0.3) is 0 Å². The van der Waals surface area contributed by atoms with E-state index in [-0.39, 0.29) is 0 Å². The molecule has 1 unspecified atom stereocenters. The third-order valence-electron chi connectivity index (χ3n) is 3.30. The normalized spacial score (nSPS) is 19.8. The summed E-state index contributed by atoms with van der Waals surface area (Å²) < 4.78 is 0. The second-order valence-corrected chi connectivity index (χ2v) is 5.37. The summed E-state index contributed by atoms with van der Waals surface area (Å²) in [6.45, 7) is 8.73. The summed E-state index contributed by atoms with van der Waals surface area (Å²) in [7, 11) is 0. The lowest BCUT2D eigenvalue weighted by atomic mass is 10.2. The van der Waals surface area contributed by atoms with Gasteiger partial charge in [-0.15, -0.1) is 0 Å². The van der Waals surface area contributed by atoms with Crippen molar-refractivity contribution in [2.45, 2.75) is 52.1 Å². The summed E-state index contributed by atoms with van der Waals surface area (Å²) in [6, 6.07) is 3.28. The van der Waals surface area contributed by atoms with E-state index in [0.29, 0.717) is 12.1 Å². The summed E-state index contributed by atoms with van der Waals surface area (Å²) >= 11 is 0. The third kappa shape index (κ3) is 3.42. The molecule has 0 saturated carbocycles. The molecule has 4 nitrogen and oxygen atoms in total. The highest BCUT2D eigenvalue weighted by Gasteiger charge is 2.23. The molecular weight excluding hydrogens is 224 g/mol. The first-order valence-electron chi connectivity index (χ1n) is 7.01. The summed E-state index contributed by atoms with van der Waals surface area (Å²) in [5, 5.41) is 3.60. The predicted octanol–water partition coefficient (Wildman–Crippen LogP) is 2.01. The highest BCUT2D eigenvalue weighted by atomic mass is 15.2. The van der Waals surface area contributed by atoms with Gasteiger partial charge in [-0.1, -0.05) is 27.2 Å². The topological polar surface area (TPSA) is 41.0 Å². The number of aryl methyl sites for hydroxylation is 1. The molecule has 4 heteroatoms. The number of hydrogen-bond acceptors (Lipinski definition) is 4. The van der Waals surface area contributed by atoms with Crippen LogP contribution in [0.2, 0.25) is 0 Å².